The summed E-state index contributed by atoms with van der Waals surface area (Å²) in [5.74, 6) is -0.703. The van der Waals surface area contributed by atoms with Gasteiger partial charge in [0.25, 0.3) is 0 Å². The highest BCUT2D eigenvalue weighted by atomic mass is 32.2. The molecule has 3 N–H and O–H groups in total. The van der Waals surface area contributed by atoms with Gasteiger partial charge in [0.15, 0.2) is 0 Å². The first kappa shape index (κ1) is 26.0. The van der Waals surface area contributed by atoms with Crippen LogP contribution in [0.4, 0.5) is 0 Å². The quantitative estimate of drug-likeness (QED) is 0.321. The van der Waals surface area contributed by atoms with Gasteiger partial charge in [0, 0.05) is 37.6 Å². The largest absolute Gasteiger partial charge is 0.481 e. The number of nitrogens with zero attached hydrogens (tertiary/aromatic N) is 2. The van der Waals surface area contributed by atoms with Gasteiger partial charge in [-0.05, 0) is 52.6 Å². The summed E-state index contributed by atoms with van der Waals surface area (Å²) in [4.78, 5) is 17.5. The topological polar surface area (TPSA) is 120 Å². The fourth-order valence-corrected chi connectivity index (χ4v) is 4.69. The Kier molecular flexibility index (Phi) is 8.15. The van der Waals surface area contributed by atoms with E-state index in [2.05, 4.69) is 9.71 Å². The van der Waals surface area contributed by atoms with Gasteiger partial charge < -0.3 is 10.2 Å². The molecule has 36 heavy (non-hydrogen) atoms. The maximum atomic E-state index is 11.6. The number of pyridine rings is 1. The molecule has 1 saturated carbocycles. The first-order valence-electron chi connectivity index (χ1n) is 11.9. The van der Waals surface area contributed by atoms with E-state index in [1.54, 1.807) is 12.4 Å². The van der Waals surface area contributed by atoms with Crippen molar-refractivity contribution in [1.82, 2.24) is 14.6 Å². The van der Waals surface area contributed by atoms with E-state index in [1.165, 1.54) is 0 Å². The summed E-state index contributed by atoms with van der Waals surface area (Å²) in [5.41, 5.74) is 4.99. The van der Waals surface area contributed by atoms with E-state index in [0.29, 0.717) is 18.7 Å². The molecule has 1 atom stereocenters. The van der Waals surface area contributed by atoms with Crippen molar-refractivity contribution < 1.29 is 23.4 Å². The van der Waals surface area contributed by atoms with E-state index < -0.39 is 22.2 Å². The van der Waals surface area contributed by atoms with E-state index in [0.717, 1.165) is 46.9 Å². The van der Waals surface area contributed by atoms with Gasteiger partial charge in [0.2, 0.25) is 10.0 Å². The van der Waals surface area contributed by atoms with Gasteiger partial charge in [-0.2, -0.15) is 0 Å². The Labute approximate surface area is 211 Å². The number of aromatic nitrogens is 1. The number of benzene rings is 2. The molecule has 2 aromatic carbocycles. The number of rotatable bonds is 12. The lowest BCUT2D eigenvalue weighted by Gasteiger charge is -2.29. The molecular formula is C27H31N3O5S. The third-order valence-corrected chi connectivity index (χ3v) is 6.86. The molecule has 1 aliphatic carbocycles. The number of nitrogens with one attached hydrogen (secondary N) is 1. The number of aliphatic carboxylic acids is 1. The number of sulfonamides is 1. The summed E-state index contributed by atoms with van der Waals surface area (Å²) >= 11 is 0. The molecular weight excluding hydrogens is 478 g/mol. The van der Waals surface area contributed by atoms with Crippen molar-refractivity contribution in [3.8, 4) is 11.1 Å². The lowest BCUT2D eigenvalue weighted by Crippen LogP contribution is -2.36. The number of hydrogen-bond acceptors (Lipinski definition) is 6. The lowest BCUT2D eigenvalue weighted by molar-refractivity contribution is -0.136. The highest BCUT2D eigenvalue weighted by Gasteiger charge is 2.34. The van der Waals surface area contributed by atoms with E-state index in [4.69, 9.17) is 0 Å². The minimum atomic E-state index is -3.36. The van der Waals surface area contributed by atoms with Gasteiger partial charge in [-0.1, -0.05) is 48.5 Å². The van der Waals surface area contributed by atoms with Crippen LogP contribution in [0.2, 0.25) is 0 Å². The molecule has 1 fully saturated rings. The van der Waals surface area contributed by atoms with Gasteiger partial charge >= 0.3 is 5.97 Å². The maximum absolute atomic E-state index is 11.6. The minimum Gasteiger partial charge on any atom is -0.481 e. The van der Waals surface area contributed by atoms with Crippen molar-refractivity contribution in [3.63, 3.8) is 0 Å². The summed E-state index contributed by atoms with van der Waals surface area (Å²) in [6.45, 7) is 1.13. The molecule has 190 valence electrons. The fourth-order valence-electron chi connectivity index (χ4n) is 4.26. The van der Waals surface area contributed by atoms with E-state index in [9.17, 15) is 23.4 Å². The highest BCUT2D eigenvalue weighted by Crippen LogP contribution is 2.36. The van der Waals surface area contributed by atoms with Crippen LogP contribution in [-0.2, 0) is 40.9 Å². The van der Waals surface area contributed by atoms with Gasteiger partial charge in [-0.15, -0.1) is 0 Å². The third kappa shape index (κ3) is 7.44. The number of carboxylic acids is 1. The Morgan fingerprint density at radius 3 is 2.47 bits per heavy atom. The van der Waals surface area contributed by atoms with E-state index in [-0.39, 0.29) is 18.9 Å². The summed E-state index contributed by atoms with van der Waals surface area (Å²) < 4.78 is 25.8. The Balaban J connectivity index is 1.70. The third-order valence-electron chi connectivity index (χ3n) is 6.19. The predicted molar refractivity (Wildman–Crippen MR) is 137 cm³/mol. The fraction of sp³-hybridized carbons (Fsp3) is 0.333. The number of carboxylic acid groups (broad SMARTS) is 1. The number of aliphatic hydroxyl groups excluding tert-OH is 1. The Morgan fingerprint density at radius 1 is 1.06 bits per heavy atom. The second-order valence-electron chi connectivity index (χ2n) is 9.38. The normalized spacial score (nSPS) is 14.6. The van der Waals surface area contributed by atoms with Crippen molar-refractivity contribution in [2.24, 2.45) is 5.92 Å². The Bertz CT molecular complexity index is 1310. The second kappa shape index (κ2) is 11.3. The average Bonchev–Trinajstić information content (AvgIpc) is 3.68. The van der Waals surface area contributed by atoms with Crippen LogP contribution in [0, 0.1) is 5.92 Å². The minimum absolute atomic E-state index is 0.132. The molecule has 0 bridgehead atoms. The first-order valence-corrected chi connectivity index (χ1v) is 13.8. The van der Waals surface area contributed by atoms with Crippen molar-refractivity contribution in [2.75, 3.05) is 6.26 Å². The zero-order valence-electron chi connectivity index (χ0n) is 20.2. The van der Waals surface area contributed by atoms with Crippen LogP contribution < -0.4 is 4.72 Å². The van der Waals surface area contributed by atoms with Crippen molar-refractivity contribution in [3.05, 3.63) is 89.2 Å². The maximum Gasteiger partial charge on any atom is 0.307 e. The highest BCUT2D eigenvalue weighted by molar-refractivity contribution is 7.88. The van der Waals surface area contributed by atoms with Crippen molar-refractivity contribution in [2.45, 2.75) is 45.1 Å². The second-order valence-corrected chi connectivity index (χ2v) is 11.2. The van der Waals surface area contributed by atoms with Crippen LogP contribution in [0.3, 0.4) is 0 Å². The molecule has 0 spiro atoms. The van der Waals surface area contributed by atoms with Crippen LogP contribution in [-0.4, -0.2) is 47.0 Å². The van der Waals surface area contributed by atoms with Gasteiger partial charge in [0.1, 0.15) is 6.23 Å². The summed E-state index contributed by atoms with van der Waals surface area (Å²) in [6.07, 6.45) is 5.59. The molecule has 4 rings (SSSR count). The smallest absolute Gasteiger partial charge is 0.307 e. The summed E-state index contributed by atoms with van der Waals surface area (Å²) in [6, 6.07) is 17.5. The number of hydrogen-bond donors (Lipinski definition) is 3. The molecule has 1 heterocycles. The molecule has 1 aromatic heterocycles. The van der Waals surface area contributed by atoms with Crippen molar-refractivity contribution in [1.29, 1.82) is 0 Å². The van der Waals surface area contributed by atoms with Crippen LogP contribution in [0.1, 0.15) is 35.1 Å². The molecule has 8 nitrogen and oxygen atoms in total. The van der Waals surface area contributed by atoms with Crippen LogP contribution in [0.5, 0.6) is 0 Å². The zero-order chi connectivity index (χ0) is 25.7. The van der Waals surface area contributed by atoms with Crippen LogP contribution in [0.15, 0.2) is 67.0 Å². The van der Waals surface area contributed by atoms with E-state index >= 15 is 0 Å². The first-order chi connectivity index (χ1) is 17.2. The summed E-state index contributed by atoms with van der Waals surface area (Å²) in [5, 5.41) is 20.3. The number of carbonyl (C=O) groups is 1. The molecule has 1 aliphatic rings. The van der Waals surface area contributed by atoms with Gasteiger partial charge in [-0.3, -0.25) is 14.7 Å². The van der Waals surface area contributed by atoms with Crippen molar-refractivity contribution >= 4 is 16.0 Å². The molecule has 9 heteroatoms. The molecule has 0 saturated heterocycles. The molecule has 0 radical (unpaired) electrons. The van der Waals surface area contributed by atoms with E-state index in [1.807, 2.05) is 59.5 Å². The molecule has 0 amide bonds. The molecule has 3 aromatic rings. The van der Waals surface area contributed by atoms with Crippen LogP contribution >= 0.6 is 0 Å². The molecule has 1 unspecified atom stereocenters. The van der Waals surface area contributed by atoms with Crippen LogP contribution in [0.25, 0.3) is 11.1 Å². The number of aliphatic hydroxyl groups is 1. The average molecular weight is 510 g/mol. The lowest BCUT2D eigenvalue weighted by atomic mass is 9.96. The Hall–Kier alpha value is -3.11. The molecule has 0 aliphatic heterocycles. The predicted octanol–water partition coefficient (Wildman–Crippen LogP) is 3.16. The van der Waals surface area contributed by atoms with Gasteiger partial charge in [-0.25, -0.2) is 13.1 Å². The zero-order valence-corrected chi connectivity index (χ0v) is 21.0. The standard InChI is InChI=1S/C27H31N3O5S/c1-36(34,35)29-15-20-7-10-25(23-12-21(13-26(31)32)14-28-16-23)24(11-20)18-30(27(33)22-8-9-22)17-19-5-3-2-4-6-19/h2-7,10-12,14,16,22,27,29,33H,8-9,13,15,17-18H2,1H3,(H,31,32). The SMILES string of the molecule is CS(=O)(=O)NCc1ccc(-c2cncc(CC(=O)O)c2)c(CN(Cc2ccccc2)C(O)C2CC2)c1. The Morgan fingerprint density at radius 2 is 1.81 bits per heavy atom. The monoisotopic (exact) mass is 509 g/mol. The van der Waals surface area contributed by atoms with Gasteiger partial charge in [0.05, 0.1) is 12.7 Å². The summed E-state index contributed by atoms with van der Waals surface area (Å²) in [7, 11) is -3.36.